The molecule has 1 aliphatic heterocycles. The van der Waals surface area contributed by atoms with Gasteiger partial charge in [-0.3, -0.25) is 4.79 Å². The van der Waals surface area contributed by atoms with Crippen LogP contribution in [0, 0.1) is 0 Å². The number of ether oxygens (including phenoxy) is 1. The summed E-state index contributed by atoms with van der Waals surface area (Å²) in [6.07, 6.45) is 1.34. The summed E-state index contributed by atoms with van der Waals surface area (Å²) in [5.74, 6) is 0.0423. The van der Waals surface area contributed by atoms with E-state index >= 15 is 0 Å². The lowest BCUT2D eigenvalue weighted by Gasteiger charge is -2.33. The van der Waals surface area contributed by atoms with Crippen molar-refractivity contribution in [3.05, 3.63) is 22.4 Å². The van der Waals surface area contributed by atoms with Crippen molar-refractivity contribution in [3.8, 4) is 0 Å². The third-order valence-corrected chi connectivity index (χ3v) is 4.02. The van der Waals surface area contributed by atoms with Gasteiger partial charge in [0, 0.05) is 19.1 Å². The highest BCUT2D eigenvalue weighted by molar-refractivity contribution is 7.12. The molecule has 2 rings (SSSR count). The molecule has 116 valence electrons. The van der Waals surface area contributed by atoms with Crippen molar-refractivity contribution in [3.63, 3.8) is 0 Å². The van der Waals surface area contributed by atoms with Crippen molar-refractivity contribution in [1.29, 1.82) is 0 Å². The monoisotopic (exact) mass is 310 g/mol. The predicted octanol–water partition coefficient (Wildman–Crippen LogP) is 2.88. The van der Waals surface area contributed by atoms with E-state index in [1.165, 1.54) is 11.3 Å². The maximum atomic E-state index is 12.3. The molecule has 0 saturated carbocycles. The molecule has 2 amide bonds. The standard InChI is InChI=1S/C15H22N2O3S/c1-15(2,3)20-14(19)16-11-6-4-8-17(10-11)13(18)12-7-5-9-21-12/h5,7,9,11H,4,6,8,10H2,1-3H3,(H,16,19)/t11-/m1/s1. The highest BCUT2D eigenvalue weighted by Crippen LogP contribution is 2.17. The van der Waals surface area contributed by atoms with Crippen molar-refractivity contribution in [2.45, 2.75) is 45.3 Å². The van der Waals surface area contributed by atoms with Crippen LogP contribution in [-0.4, -0.2) is 41.6 Å². The van der Waals surface area contributed by atoms with Gasteiger partial charge in [-0.1, -0.05) is 6.07 Å². The van der Waals surface area contributed by atoms with Gasteiger partial charge in [0.05, 0.1) is 4.88 Å². The highest BCUT2D eigenvalue weighted by Gasteiger charge is 2.27. The Hall–Kier alpha value is -1.56. The Morgan fingerprint density at radius 3 is 2.81 bits per heavy atom. The summed E-state index contributed by atoms with van der Waals surface area (Å²) in [5, 5.41) is 4.75. The first-order chi connectivity index (χ1) is 9.85. The fourth-order valence-electron chi connectivity index (χ4n) is 2.31. The van der Waals surface area contributed by atoms with Gasteiger partial charge in [0.15, 0.2) is 0 Å². The Labute approximate surface area is 129 Å². The van der Waals surface area contributed by atoms with Crippen LogP contribution in [-0.2, 0) is 4.74 Å². The van der Waals surface area contributed by atoms with Gasteiger partial charge >= 0.3 is 6.09 Å². The van der Waals surface area contributed by atoms with Crippen LogP contribution in [0.25, 0.3) is 0 Å². The number of piperidine rings is 1. The van der Waals surface area contributed by atoms with Crippen molar-refractivity contribution in [2.24, 2.45) is 0 Å². The first kappa shape index (κ1) is 15.8. The van der Waals surface area contributed by atoms with E-state index in [1.54, 1.807) is 4.90 Å². The first-order valence-electron chi connectivity index (χ1n) is 7.17. The summed E-state index contributed by atoms with van der Waals surface area (Å²) in [4.78, 5) is 26.7. The summed E-state index contributed by atoms with van der Waals surface area (Å²) in [7, 11) is 0. The molecule has 5 nitrogen and oxygen atoms in total. The Kier molecular flexibility index (Phi) is 4.88. The van der Waals surface area contributed by atoms with Crippen molar-refractivity contribution in [1.82, 2.24) is 10.2 Å². The van der Waals surface area contributed by atoms with E-state index in [4.69, 9.17) is 4.74 Å². The number of carbonyl (C=O) groups excluding carboxylic acids is 2. The molecule has 2 heterocycles. The Balaban J connectivity index is 1.89. The Morgan fingerprint density at radius 2 is 2.19 bits per heavy atom. The number of rotatable bonds is 2. The highest BCUT2D eigenvalue weighted by atomic mass is 32.1. The summed E-state index contributed by atoms with van der Waals surface area (Å²) >= 11 is 1.44. The summed E-state index contributed by atoms with van der Waals surface area (Å²) in [6, 6.07) is 3.66. The Morgan fingerprint density at radius 1 is 1.43 bits per heavy atom. The number of hydrogen-bond acceptors (Lipinski definition) is 4. The first-order valence-corrected chi connectivity index (χ1v) is 8.05. The maximum absolute atomic E-state index is 12.3. The summed E-state index contributed by atoms with van der Waals surface area (Å²) in [5.41, 5.74) is -0.509. The second-order valence-electron chi connectivity index (χ2n) is 6.21. The lowest BCUT2D eigenvalue weighted by atomic mass is 10.1. The quantitative estimate of drug-likeness (QED) is 0.914. The van der Waals surface area contributed by atoms with Crippen molar-refractivity contribution >= 4 is 23.3 Å². The molecular formula is C15H22N2O3S. The molecule has 21 heavy (non-hydrogen) atoms. The van der Waals surface area contributed by atoms with Crippen LogP contribution < -0.4 is 5.32 Å². The molecule has 1 aliphatic rings. The van der Waals surface area contributed by atoms with E-state index in [0.29, 0.717) is 6.54 Å². The molecule has 1 fully saturated rings. The topological polar surface area (TPSA) is 58.6 Å². The molecule has 0 spiro atoms. The van der Waals surface area contributed by atoms with Gasteiger partial charge in [0.25, 0.3) is 5.91 Å². The summed E-state index contributed by atoms with van der Waals surface area (Å²) < 4.78 is 5.26. The molecule has 6 heteroatoms. The molecule has 1 aromatic heterocycles. The zero-order valence-electron chi connectivity index (χ0n) is 12.7. The second kappa shape index (κ2) is 6.47. The number of thiophene rings is 1. The maximum Gasteiger partial charge on any atom is 0.407 e. The third kappa shape index (κ3) is 4.74. The fourth-order valence-corrected chi connectivity index (χ4v) is 3.00. The van der Waals surface area contributed by atoms with E-state index in [0.717, 1.165) is 24.3 Å². The van der Waals surface area contributed by atoms with Crippen LogP contribution in [0.1, 0.15) is 43.3 Å². The second-order valence-corrected chi connectivity index (χ2v) is 7.16. The number of nitrogens with one attached hydrogen (secondary N) is 1. The molecule has 1 atom stereocenters. The SMILES string of the molecule is CC(C)(C)OC(=O)N[C@@H]1CCCN(C(=O)c2cccs2)C1. The lowest BCUT2D eigenvalue weighted by Crippen LogP contribution is -2.50. The fraction of sp³-hybridized carbons (Fsp3) is 0.600. The molecule has 1 aromatic rings. The average Bonchev–Trinajstić information content (AvgIpc) is 2.89. The van der Waals surface area contributed by atoms with Crippen molar-refractivity contribution < 1.29 is 14.3 Å². The number of likely N-dealkylation sites (tertiary alicyclic amines) is 1. The molecule has 0 aromatic carbocycles. The molecule has 0 radical (unpaired) electrons. The van der Waals surface area contributed by atoms with Gasteiger partial charge in [-0.05, 0) is 45.1 Å². The third-order valence-electron chi connectivity index (χ3n) is 3.16. The van der Waals surface area contributed by atoms with Gasteiger partial charge in [-0.15, -0.1) is 11.3 Å². The van der Waals surface area contributed by atoms with Gasteiger partial charge in [-0.2, -0.15) is 0 Å². The number of carbonyl (C=O) groups is 2. The predicted molar refractivity (Wildman–Crippen MR) is 82.6 cm³/mol. The van der Waals surface area contributed by atoms with Crippen LogP contribution in [0.3, 0.4) is 0 Å². The smallest absolute Gasteiger partial charge is 0.407 e. The van der Waals surface area contributed by atoms with E-state index in [2.05, 4.69) is 5.32 Å². The number of nitrogens with zero attached hydrogens (tertiary/aromatic N) is 1. The van der Waals surface area contributed by atoms with Gasteiger partial charge in [-0.25, -0.2) is 4.79 Å². The zero-order chi connectivity index (χ0) is 15.5. The lowest BCUT2D eigenvalue weighted by molar-refractivity contribution is 0.0453. The van der Waals surface area contributed by atoms with E-state index in [1.807, 2.05) is 38.3 Å². The normalized spacial score (nSPS) is 19.2. The van der Waals surface area contributed by atoms with E-state index in [9.17, 15) is 9.59 Å². The summed E-state index contributed by atoms with van der Waals surface area (Å²) in [6.45, 7) is 6.78. The van der Waals surface area contributed by atoms with Gasteiger partial charge < -0.3 is 15.0 Å². The van der Waals surface area contributed by atoms with Crippen LogP contribution in [0.4, 0.5) is 4.79 Å². The molecular weight excluding hydrogens is 288 g/mol. The molecule has 1 N–H and O–H groups in total. The minimum atomic E-state index is -0.509. The van der Waals surface area contributed by atoms with Crippen LogP contribution in [0.5, 0.6) is 0 Å². The average molecular weight is 310 g/mol. The minimum absolute atomic E-state index is 0.0423. The minimum Gasteiger partial charge on any atom is -0.444 e. The van der Waals surface area contributed by atoms with Gasteiger partial charge in [0.1, 0.15) is 5.60 Å². The van der Waals surface area contributed by atoms with Crippen molar-refractivity contribution in [2.75, 3.05) is 13.1 Å². The van der Waals surface area contributed by atoms with Gasteiger partial charge in [0.2, 0.25) is 0 Å². The Bertz CT molecular complexity index is 494. The molecule has 0 unspecified atom stereocenters. The van der Waals surface area contributed by atoms with Crippen LogP contribution in [0.2, 0.25) is 0 Å². The zero-order valence-corrected chi connectivity index (χ0v) is 13.5. The number of amides is 2. The van der Waals surface area contributed by atoms with E-state index < -0.39 is 11.7 Å². The molecule has 1 saturated heterocycles. The number of hydrogen-bond donors (Lipinski definition) is 1. The van der Waals surface area contributed by atoms with Crippen LogP contribution in [0.15, 0.2) is 17.5 Å². The van der Waals surface area contributed by atoms with E-state index in [-0.39, 0.29) is 11.9 Å². The molecule has 0 bridgehead atoms. The number of alkyl carbamates (subject to hydrolysis) is 1. The largest absolute Gasteiger partial charge is 0.444 e. The van der Waals surface area contributed by atoms with Crippen LogP contribution >= 0.6 is 11.3 Å². The molecule has 0 aliphatic carbocycles.